The molecule has 0 aliphatic heterocycles. The summed E-state index contributed by atoms with van der Waals surface area (Å²) >= 11 is 0. The second kappa shape index (κ2) is 4.54. The van der Waals surface area contributed by atoms with Crippen LogP contribution in [0.5, 0.6) is 0 Å². The van der Waals surface area contributed by atoms with Crippen LogP contribution >= 0.6 is 0 Å². The Morgan fingerprint density at radius 3 is 2.33 bits per heavy atom. The first-order valence-electron chi connectivity index (χ1n) is 6.08. The second-order valence-corrected chi connectivity index (χ2v) is 5.42. The van der Waals surface area contributed by atoms with E-state index in [9.17, 15) is 4.79 Å². The van der Waals surface area contributed by atoms with Gasteiger partial charge in [-0.05, 0) is 38.0 Å². The van der Waals surface area contributed by atoms with Crippen molar-refractivity contribution in [3.05, 3.63) is 0 Å². The largest absolute Gasteiger partial charge is 0.459 e. The van der Waals surface area contributed by atoms with Gasteiger partial charge in [0.05, 0.1) is 0 Å². The maximum Gasteiger partial charge on any atom is 0.303 e. The van der Waals surface area contributed by atoms with Gasteiger partial charge in [-0.1, -0.05) is 20.8 Å². The minimum Gasteiger partial charge on any atom is -0.459 e. The van der Waals surface area contributed by atoms with Crippen molar-refractivity contribution in [3.63, 3.8) is 0 Å². The standard InChI is InChI=1S/C13H24O2/c1-6-13(5,15-11(4)14)12-8-9(2)7-10(12)3/h9-10,12H,6-8H2,1-5H3. The third kappa shape index (κ3) is 2.73. The van der Waals surface area contributed by atoms with Gasteiger partial charge in [0.25, 0.3) is 0 Å². The Kier molecular flexibility index (Phi) is 3.80. The van der Waals surface area contributed by atoms with Crippen LogP contribution in [0.1, 0.15) is 53.9 Å². The maximum absolute atomic E-state index is 11.1. The third-order valence-electron chi connectivity index (χ3n) is 3.98. The Hall–Kier alpha value is -0.530. The molecule has 2 heteroatoms. The number of carbonyl (C=O) groups is 1. The maximum atomic E-state index is 11.1. The molecule has 4 unspecified atom stereocenters. The lowest BCUT2D eigenvalue weighted by Gasteiger charge is -2.36. The van der Waals surface area contributed by atoms with Crippen LogP contribution < -0.4 is 0 Å². The Morgan fingerprint density at radius 2 is 2.00 bits per heavy atom. The number of rotatable bonds is 3. The first kappa shape index (κ1) is 12.5. The van der Waals surface area contributed by atoms with Gasteiger partial charge >= 0.3 is 5.97 Å². The minimum absolute atomic E-state index is 0.147. The van der Waals surface area contributed by atoms with Crippen LogP contribution in [0.15, 0.2) is 0 Å². The molecule has 0 bridgehead atoms. The van der Waals surface area contributed by atoms with Crippen LogP contribution in [-0.4, -0.2) is 11.6 Å². The van der Waals surface area contributed by atoms with Gasteiger partial charge in [0.2, 0.25) is 0 Å². The summed E-state index contributed by atoms with van der Waals surface area (Å²) < 4.78 is 5.55. The average Bonchev–Trinajstić information content (AvgIpc) is 2.44. The van der Waals surface area contributed by atoms with E-state index in [4.69, 9.17) is 4.74 Å². The van der Waals surface area contributed by atoms with Crippen molar-refractivity contribution in [2.45, 2.75) is 59.5 Å². The minimum atomic E-state index is -0.254. The van der Waals surface area contributed by atoms with Gasteiger partial charge in [-0.2, -0.15) is 0 Å². The lowest BCUT2D eigenvalue weighted by Crippen LogP contribution is -2.40. The van der Waals surface area contributed by atoms with Gasteiger partial charge in [0.1, 0.15) is 5.60 Å². The molecule has 0 spiro atoms. The van der Waals surface area contributed by atoms with Gasteiger partial charge in [-0.15, -0.1) is 0 Å². The van der Waals surface area contributed by atoms with Crippen molar-refractivity contribution in [2.75, 3.05) is 0 Å². The molecule has 0 amide bonds. The molecular formula is C13H24O2. The molecule has 0 saturated heterocycles. The summed E-state index contributed by atoms with van der Waals surface area (Å²) in [6.45, 7) is 10.3. The van der Waals surface area contributed by atoms with Gasteiger partial charge < -0.3 is 4.74 Å². The van der Waals surface area contributed by atoms with Crippen molar-refractivity contribution < 1.29 is 9.53 Å². The van der Waals surface area contributed by atoms with E-state index in [1.54, 1.807) is 0 Å². The van der Waals surface area contributed by atoms with Crippen LogP contribution in [0, 0.1) is 17.8 Å². The quantitative estimate of drug-likeness (QED) is 0.670. The summed E-state index contributed by atoms with van der Waals surface area (Å²) in [5, 5.41) is 0. The summed E-state index contributed by atoms with van der Waals surface area (Å²) in [4.78, 5) is 11.1. The number of esters is 1. The SMILES string of the molecule is CCC(C)(OC(C)=O)C1CC(C)CC1C. The molecule has 15 heavy (non-hydrogen) atoms. The van der Waals surface area contributed by atoms with E-state index >= 15 is 0 Å². The molecule has 0 aromatic carbocycles. The molecule has 1 saturated carbocycles. The normalized spacial score (nSPS) is 34.9. The van der Waals surface area contributed by atoms with Crippen LogP contribution in [0.25, 0.3) is 0 Å². The Balaban J connectivity index is 2.76. The van der Waals surface area contributed by atoms with Crippen molar-refractivity contribution >= 4 is 5.97 Å². The van der Waals surface area contributed by atoms with E-state index in [0.717, 1.165) is 12.3 Å². The van der Waals surface area contributed by atoms with E-state index in [-0.39, 0.29) is 11.6 Å². The smallest absolute Gasteiger partial charge is 0.303 e. The number of carbonyl (C=O) groups excluding carboxylic acids is 1. The van der Waals surface area contributed by atoms with E-state index in [0.29, 0.717) is 11.8 Å². The van der Waals surface area contributed by atoms with E-state index in [2.05, 4.69) is 27.7 Å². The molecule has 0 radical (unpaired) electrons. The summed E-state index contributed by atoms with van der Waals surface area (Å²) in [5.74, 6) is 1.82. The fraction of sp³-hybridized carbons (Fsp3) is 0.923. The molecule has 0 heterocycles. The van der Waals surface area contributed by atoms with Crippen molar-refractivity contribution in [3.8, 4) is 0 Å². The van der Waals surface area contributed by atoms with E-state index < -0.39 is 0 Å². The van der Waals surface area contributed by atoms with E-state index in [1.165, 1.54) is 19.8 Å². The molecule has 2 nitrogen and oxygen atoms in total. The predicted octanol–water partition coefficient (Wildman–Crippen LogP) is 3.40. The summed E-state index contributed by atoms with van der Waals surface area (Å²) in [7, 11) is 0. The zero-order valence-corrected chi connectivity index (χ0v) is 10.7. The monoisotopic (exact) mass is 212 g/mol. The summed E-state index contributed by atoms with van der Waals surface area (Å²) in [6.07, 6.45) is 3.37. The molecule has 4 atom stereocenters. The highest BCUT2D eigenvalue weighted by molar-refractivity contribution is 5.66. The van der Waals surface area contributed by atoms with Crippen molar-refractivity contribution in [1.29, 1.82) is 0 Å². The van der Waals surface area contributed by atoms with Gasteiger partial charge in [0.15, 0.2) is 0 Å². The molecule has 0 aromatic rings. The topological polar surface area (TPSA) is 26.3 Å². The molecule has 1 rings (SSSR count). The fourth-order valence-corrected chi connectivity index (χ4v) is 3.15. The zero-order valence-electron chi connectivity index (χ0n) is 10.7. The first-order chi connectivity index (χ1) is 6.89. The van der Waals surface area contributed by atoms with Gasteiger partial charge in [0, 0.05) is 12.8 Å². The Bertz CT molecular complexity index is 237. The highest BCUT2D eigenvalue weighted by Gasteiger charge is 2.43. The fourth-order valence-electron chi connectivity index (χ4n) is 3.15. The Morgan fingerprint density at radius 1 is 1.40 bits per heavy atom. The van der Waals surface area contributed by atoms with Crippen LogP contribution in [-0.2, 0) is 9.53 Å². The highest BCUT2D eigenvalue weighted by Crippen LogP contribution is 2.44. The molecule has 1 aliphatic rings. The van der Waals surface area contributed by atoms with Crippen LogP contribution in [0.2, 0.25) is 0 Å². The first-order valence-corrected chi connectivity index (χ1v) is 6.08. The molecular weight excluding hydrogens is 188 g/mol. The van der Waals surface area contributed by atoms with Gasteiger partial charge in [-0.25, -0.2) is 0 Å². The Labute approximate surface area is 93.4 Å². The second-order valence-electron chi connectivity index (χ2n) is 5.42. The van der Waals surface area contributed by atoms with E-state index in [1.807, 2.05) is 0 Å². The lowest BCUT2D eigenvalue weighted by molar-refractivity contribution is -0.163. The number of ether oxygens (including phenoxy) is 1. The van der Waals surface area contributed by atoms with Gasteiger partial charge in [-0.3, -0.25) is 4.79 Å². The third-order valence-corrected chi connectivity index (χ3v) is 3.98. The van der Waals surface area contributed by atoms with Crippen LogP contribution in [0.3, 0.4) is 0 Å². The molecule has 0 N–H and O–H groups in total. The molecule has 1 aliphatic carbocycles. The lowest BCUT2D eigenvalue weighted by atomic mass is 9.80. The summed E-state index contributed by atoms with van der Waals surface area (Å²) in [5.41, 5.74) is -0.254. The number of hydrogen-bond donors (Lipinski definition) is 0. The van der Waals surface area contributed by atoms with Crippen molar-refractivity contribution in [1.82, 2.24) is 0 Å². The predicted molar refractivity (Wildman–Crippen MR) is 61.5 cm³/mol. The highest BCUT2D eigenvalue weighted by atomic mass is 16.6. The summed E-state index contributed by atoms with van der Waals surface area (Å²) in [6, 6.07) is 0. The zero-order chi connectivity index (χ0) is 11.6. The van der Waals surface area contributed by atoms with Crippen molar-refractivity contribution in [2.24, 2.45) is 17.8 Å². The molecule has 1 fully saturated rings. The molecule has 0 aromatic heterocycles. The molecule has 88 valence electrons. The average molecular weight is 212 g/mol. The van der Waals surface area contributed by atoms with Crippen LogP contribution in [0.4, 0.5) is 0 Å². The number of hydrogen-bond acceptors (Lipinski definition) is 2.